The predicted molar refractivity (Wildman–Crippen MR) is 194 cm³/mol. The van der Waals surface area contributed by atoms with E-state index in [-0.39, 0.29) is 11.8 Å². The summed E-state index contributed by atoms with van der Waals surface area (Å²) < 4.78 is 5.21. The van der Waals surface area contributed by atoms with Gasteiger partial charge in [-0.1, -0.05) is 39.8 Å². The van der Waals surface area contributed by atoms with E-state index in [0.29, 0.717) is 16.1 Å². The Morgan fingerprint density at radius 1 is 0.851 bits per heavy atom. The highest BCUT2D eigenvalue weighted by Crippen LogP contribution is 2.38. The molecular formula is C37H52N6O3S. The Bertz CT molecular complexity index is 1450. The molecule has 2 aromatic carbocycles. The van der Waals surface area contributed by atoms with Crippen LogP contribution in [0.25, 0.3) is 0 Å². The van der Waals surface area contributed by atoms with Crippen molar-refractivity contribution in [1.29, 1.82) is 0 Å². The summed E-state index contributed by atoms with van der Waals surface area (Å²) in [5.74, 6) is 0.235. The molecule has 254 valence electrons. The van der Waals surface area contributed by atoms with Crippen molar-refractivity contribution in [3.05, 3.63) is 81.2 Å². The van der Waals surface area contributed by atoms with E-state index >= 15 is 0 Å². The number of aryl methyl sites for hydroxylation is 1. The van der Waals surface area contributed by atoms with Crippen LogP contribution in [0, 0.1) is 0 Å². The maximum atomic E-state index is 13.7. The molecule has 3 aromatic rings. The SMILES string of the molecule is CCN(CC)CCN(CCN(CC)CC)Cc1cccc(C(=O)Nc2sc3c(c2C(=O)N/N=C/c2ccc(OC)cc2)CCCC3)c1. The molecule has 0 atom stereocenters. The van der Waals surface area contributed by atoms with Gasteiger partial charge < -0.3 is 19.9 Å². The van der Waals surface area contributed by atoms with Gasteiger partial charge in [0, 0.05) is 43.2 Å². The standard InChI is InChI=1S/C37H52N6O3S/c1-6-41(7-2)21-23-43(24-22-42(8-3)9-4)27-29-13-12-14-30(25-29)35(44)39-37-34(32-15-10-11-16-33(32)47-37)36(45)40-38-26-28-17-19-31(46-5)20-18-28/h12-14,17-20,25-26H,6-11,15-16,21-24,27H2,1-5H3,(H,39,44)(H,40,45)/b38-26+. The zero-order valence-electron chi connectivity index (χ0n) is 28.8. The molecule has 0 saturated carbocycles. The average molecular weight is 661 g/mol. The summed E-state index contributed by atoms with van der Waals surface area (Å²) in [5.41, 5.74) is 6.78. The number of nitrogens with one attached hydrogen (secondary N) is 2. The minimum Gasteiger partial charge on any atom is -0.497 e. The second-order valence-electron chi connectivity index (χ2n) is 11.9. The van der Waals surface area contributed by atoms with Gasteiger partial charge in [0.1, 0.15) is 10.8 Å². The largest absolute Gasteiger partial charge is 0.497 e. The number of nitrogens with zero attached hydrogens (tertiary/aromatic N) is 4. The number of hydrazone groups is 1. The number of benzene rings is 2. The van der Waals surface area contributed by atoms with E-state index in [4.69, 9.17) is 4.74 Å². The summed E-state index contributed by atoms with van der Waals surface area (Å²) in [6.07, 6.45) is 5.44. The fourth-order valence-corrected chi connectivity index (χ4v) is 7.25. The normalized spacial score (nSPS) is 13.0. The van der Waals surface area contributed by atoms with Crippen molar-refractivity contribution in [2.45, 2.75) is 59.9 Å². The second kappa shape index (κ2) is 18.7. The highest BCUT2D eigenvalue weighted by atomic mass is 32.1. The molecular weight excluding hydrogens is 609 g/mol. The van der Waals surface area contributed by atoms with Gasteiger partial charge in [0.15, 0.2) is 0 Å². The lowest BCUT2D eigenvalue weighted by Crippen LogP contribution is -2.39. The summed E-state index contributed by atoms with van der Waals surface area (Å²) in [5, 5.41) is 7.90. The number of rotatable bonds is 18. The molecule has 0 fully saturated rings. The van der Waals surface area contributed by atoms with Gasteiger partial charge in [0.2, 0.25) is 0 Å². The minimum absolute atomic E-state index is 0.209. The molecule has 0 spiro atoms. The highest BCUT2D eigenvalue weighted by molar-refractivity contribution is 7.17. The van der Waals surface area contributed by atoms with E-state index in [2.05, 4.69) is 64.3 Å². The first-order valence-electron chi connectivity index (χ1n) is 17.1. The molecule has 1 heterocycles. The van der Waals surface area contributed by atoms with Gasteiger partial charge in [0.05, 0.1) is 18.9 Å². The van der Waals surface area contributed by atoms with Gasteiger partial charge >= 0.3 is 0 Å². The van der Waals surface area contributed by atoms with Gasteiger partial charge in [-0.25, -0.2) is 5.43 Å². The van der Waals surface area contributed by atoms with E-state index in [1.165, 1.54) is 16.2 Å². The number of amides is 2. The minimum atomic E-state index is -0.310. The smallest absolute Gasteiger partial charge is 0.274 e. The summed E-state index contributed by atoms with van der Waals surface area (Å²) in [6, 6.07) is 15.3. The zero-order valence-corrected chi connectivity index (χ0v) is 29.6. The lowest BCUT2D eigenvalue weighted by atomic mass is 9.95. The molecule has 2 amide bonds. The molecule has 0 saturated heterocycles. The Morgan fingerprint density at radius 3 is 2.13 bits per heavy atom. The van der Waals surface area contributed by atoms with Crippen LogP contribution in [0.2, 0.25) is 0 Å². The van der Waals surface area contributed by atoms with Crippen molar-refractivity contribution in [3.63, 3.8) is 0 Å². The van der Waals surface area contributed by atoms with Crippen LogP contribution in [-0.2, 0) is 19.4 Å². The Morgan fingerprint density at radius 2 is 1.49 bits per heavy atom. The van der Waals surface area contributed by atoms with Crippen LogP contribution >= 0.6 is 11.3 Å². The maximum Gasteiger partial charge on any atom is 0.274 e. The lowest BCUT2D eigenvalue weighted by Gasteiger charge is -2.29. The lowest BCUT2D eigenvalue weighted by molar-refractivity contribution is 0.0955. The van der Waals surface area contributed by atoms with Crippen LogP contribution in [0.4, 0.5) is 5.00 Å². The van der Waals surface area contributed by atoms with E-state index < -0.39 is 0 Å². The van der Waals surface area contributed by atoms with Crippen LogP contribution in [0.1, 0.15) is 82.8 Å². The van der Waals surface area contributed by atoms with Crippen molar-refractivity contribution >= 4 is 34.4 Å². The number of hydrogen-bond donors (Lipinski definition) is 2. The maximum absolute atomic E-state index is 13.7. The third-order valence-corrected chi connectivity index (χ3v) is 10.2. The van der Waals surface area contributed by atoms with Crippen LogP contribution in [0.15, 0.2) is 53.6 Å². The first kappa shape index (κ1) is 36.3. The van der Waals surface area contributed by atoms with Gasteiger partial charge in [-0.3, -0.25) is 14.5 Å². The van der Waals surface area contributed by atoms with E-state index in [0.717, 1.165) is 107 Å². The highest BCUT2D eigenvalue weighted by Gasteiger charge is 2.26. The summed E-state index contributed by atoms with van der Waals surface area (Å²) in [7, 11) is 1.62. The Kier molecular flexibility index (Phi) is 14.4. The van der Waals surface area contributed by atoms with Gasteiger partial charge in [-0.05, 0) is 105 Å². The number of thiophene rings is 1. The molecule has 1 aromatic heterocycles. The second-order valence-corrected chi connectivity index (χ2v) is 13.0. The quantitative estimate of drug-likeness (QED) is 0.126. The van der Waals surface area contributed by atoms with Crippen molar-refractivity contribution in [3.8, 4) is 5.75 Å². The predicted octanol–water partition coefficient (Wildman–Crippen LogP) is 6.14. The molecule has 0 aliphatic heterocycles. The van der Waals surface area contributed by atoms with Gasteiger partial charge in [-0.2, -0.15) is 5.10 Å². The fraction of sp³-hybridized carbons (Fsp3) is 0.486. The third-order valence-electron chi connectivity index (χ3n) is 8.97. The van der Waals surface area contributed by atoms with E-state index in [9.17, 15) is 9.59 Å². The molecule has 0 radical (unpaired) electrons. The molecule has 10 heteroatoms. The topological polar surface area (TPSA) is 89.5 Å². The molecule has 1 aliphatic carbocycles. The Labute approximate surface area is 285 Å². The first-order valence-corrected chi connectivity index (χ1v) is 17.9. The van der Waals surface area contributed by atoms with Crippen molar-refractivity contribution < 1.29 is 14.3 Å². The fourth-order valence-electron chi connectivity index (χ4n) is 5.97. The number of carbonyl (C=O) groups is 2. The van der Waals surface area contributed by atoms with Crippen molar-refractivity contribution in [2.75, 3.05) is 64.8 Å². The van der Waals surface area contributed by atoms with Gasteiger partial charge in [0.25, 0.3) is 11.8 Å². The number of hydrogen-bond acceptors (Lipinski definition) is 8. The number of fused-ring (bicyclic) bond motifs is 1. The molecule has 2 N–H and O–H groups in total. The number of carbonyl (C=O) groups excluding carboxylic acids is 2. The van der Waals surface area contributed by atoms with Crippen molar-refractivity contribution in [1.82, 2.24) is 20.1 Å². The Balaban J connectivity index is 1.48. The Hall–Kier alpha value is -3.57. The summed E-state index contributed by atoms with van der Waals surface area (Å²) >= 11 is 1.51. The average Bonchev–Trinajstić information content (AvgIpc) is 3.47. The number of methoxy groups -OCH3 is 1. The van der Waals surface area contributed by atoms with E-state index in [1.54, 1.807) is 13.3 Å². The summed E-state index contributed by atoms with van der Waals surface area (Å²) in [6.45, 7) is 17.7. The monoisotopic (exact) mass is 660 g/mol. The molecule has 0 unspecified atom stereocenters. The number of ether oxygens (including phenoxy) is 1. The van der Waals surface area contributed by atoms with E-state index in [1.807, 2.05) is 42.5 Å². The van der Waals surface area contributed by atoms with Crippen molar-refractivity contribution in [2.24, 2.45) is 5.10 Å². The van der Waals surface area contributed by atoms with Crippen LogP contribution in [-0.4, -0.2) is 92.2 Å². The van der Waals surface area contributed by atoms with Crippen LogP contribution < -0.4 is 15.5 Å². The summed E-state index contributed by atoms with van der Waals surface area (Å²) in [4.78, 5) is 35.7. The zero-order chi connectivity index (χ0) is 33.6. The first-order chi connectivity index (χ1) is 22.9. The number of likely N-dealkylation sites (N-methyl/N-ethyl adjacent to an activating group) is 2. The molecule has 47 heavy (non-hydrogen) atoms. The molecule has 9 nitrogen and oxygen atoms in total. The third kappa shape index (κ3) is 10.5. The molecule has 4 rings (SSSR count). The van der Waals surface area contributed by atoms with Crippen LogP contribution in [0.3, 0.4) is 0 Å². The van der Waals surface area contributed by atoms with Crippen LogP contribution in [0.5, 0.6) is 5.75 Å². The molecule has 0 bridgehead atoms. The van der Waals surface area contributed by atoms with Gasteiger partial charge in [-0.15, -0.1) is 11.3 Å². The molecule has 1 aliphatic rings. The number of anilines is 1.